The van der Waals surface area contributed by atoms with Crippen molar-refractivity contribution in [1.29, 1.82) is 0 Å². The Labute approximate surface area is 202 Å². The summed E-state index contributed by atoms with van der Waals surface area (Å²) in [6.07, 6.45) is -0.153. The Balaban J connectivity index is 2.10. The van der Waals surface area contributed by atoms with Crippen LogP contribution in [0.5, 0.6) is 0 Å². The van der Waals surface area contributed by atoms with Gasteiger partial charge in [0.25, 0.3) is 20.0 Å². The Bertz CT molecular complexity index is 1010. The molecule has 0 bridgehead atoms. The van der Waals surface area contributed by atoms with E-state index in [0.29, 0.717) is 42.9 Å². The fourth-order valence-corrected chi connectivity index (χ4v) is 7.96. The molecule has 0 aliphatic carbocycles. The highest BCUT2D eigenvalue weighted by Gasteiger charge is 2.40. The molecule has 1 aromatic heterocycles. The Morgan fingerprint density at radius 2 is 1.97 bits per heavy atom. The molecule has 1 amide bonds. The number of nitrogens with one attached hydrogen (secondary N) is 2. The van der Waals surface area contributed by atoms with E-state index < -0.39 is 37.6 Å². The minimum atomic E-state index is -4.37. The number of unbranched alkanes of at least 4 members (excludes halogenated alkanes) is 1. The van der Waals surface area contributed by atoms with Crippen molar-refractivity contribution >= 4 is 37.5 Å². The van der Waals surface area contributed by atoms with Crippen molar-refractivity contribution in [2.75, 3.05) is 46.6 Å². The number of nitrogens with zero attached hydrogens (tertiary/aromatic N) is 2. The molecule has 14 nitrogen and oxygen atoms in total. The van der Waals surface area contributed by atoms with E-state index in [4.69, 9.17) is 19.9 Å². The predicted octanol–water partition coefficient (Wildman–Crippen LogP) is 0.647. The molecule has 0 fully saturated rings. The van der Waals surface area contributed by atoms with Gasteiger partial charge in [-0.2, -0.15) is 4.31 Å². The summed E-state index contributed by atoms with van der Waals surface area (Å²) >= 11 is 0.574. The van der Waals surface area contributed by atoms with Crippen LogP contribution in [0.3, 0.4) is 0 Å². The summed E-state index contributed by atoms with van der Waals surface area (Å²) in [4.78, 5) is 16.3. The summed E-state index contributed by atoms with van der Waals surface area (Å²) < 4.78 is 64.1. The van der Waals surface area contributed by atoms with Gasteiger partial charge in [-0.15, -0.1) is 11.3 Å². The van der Waals surface area contributed by atoms with Crippen molar-refractivity contribution in [3.8, 4) is 0 Å². The summed E-state index contributed by atoms with van der Waals surface area (Å²) in [6, 6.07) is 0.856. The summed E-state index contributed by atoms with van der Waals surface area (Å²) in [7, 11) is -6.77. The average Bonchev–Trinajstić information content (AvgIpc) is 3.22. The molecule has 0 spiro atoms. The van der Waals surface area contributed by atoms with Gasteiger partial charge in [0.1, 0.15) is 8.42 Å². The molecule has 2 rings (SSSR count). The third-order valence-electron chi connectivity index (χ3n) is 4.71. The zero-order valence-electron chi connectivity index (χ0n) is 18.8. The first-order valence-electron chi connectivity index (χ1n) is 10.4. The van der Waals surface area contributed by atoms with Gasteiger partial charge in [-0.25, -0.2) is 26.4 Å². The van der Waals surface area contributed by atoms with Crippen LogP contribution < -0.4 is 10.0 Å². The van der Waals surface area contributed by atoms with Crippen molar-refractivity contribution < 1.29 is 46.4 Å². The number of likely N-dealkylation sites (N-methyl/N-ethyl adjacent to an activating group) is 1. The van der Waals surface area contributed by atoms with Crippen molar-refractivity contribution in [1.82, 2.24) is 19.7 Å². The monoisotopic (exact) mass is 546 g/mol. The quantitative estimate of drug-likeness (QED) is 0.189. The second kappa shape index (κ2) is 13.1. The van der Waals surface area contributed by atoms with Gasteiger partial charge in [0, 0.05) is 38.4 Å². The summed E-state index contributed by atoms with van der Waals surface area (Å²) in [6.45, 7) is 2.95. The third kappa shape index (κ3) is 7.80. The topological polar surface area (TPSA) is 184 Å². The number of ether oxygens (including phenoxy) is 2. The lowest BCUT2D eigenvalue weighted by atomic mass is 10.1. The molecule has 34 heavy (non-hydrogen) atoms. The summed E-state index contributed by atoms with van der Waals surface area (Å²) in [5.74, 6) is 0. The molecule has 1 aromatic rings. The van der Waals surface area contributed by atoms with Gasteiger partial charge >= 0.3 is 6.09 Å². The number of sulfonamides is 2. The number of methoxy groups -OCH3 is 1. The number of thiophene rings is 1. The highest BCUT2D eigenvalue weighted by atomic mass is 32.3. The fourth-order valence-electron chi connectivity index (χ4n) is 3.18. The second-order valence-electron chi connectivity index (χ2n) is 7.16. The lowest BCUT2D eigenvalue weighted by Gasteiger charge is -2.32. The molecule has 1 aliphatic rings. The van der Waals surface area contributed by atoms with Gasteiger partial charge in [-0.05, 0) is 31.9 Å². The average molecular weight is 547 g/mol. The molecular weight excluding hydrogens is 516 g/mol. The van der Waals surface area contributed by atoms with Crippen molar-refractivity contribution in [2.45, 2.75) is 40.6 Å². The van der Waals surface area contributed by atoms with Gasteiger partial charge in [0.05, 0.1) is 18.6 Å². The zero-order chi connectivity index (χ0) is 25.4. The number of fused-ring (bicyclic) bond motifs is 1. The number of carbonyl (C=O) groups excluding carboxylic acids is 1. The van der Waals surface area contributed by atoms with Crippen molar-refractivity contribution in [2.24, 2.45) is 0 Å². The highest BCUT2D eigenvalue weighted by molar-refractivity contribution is 7.94. The lowest BCUT2D eigenvalue weighted by molar-refractivity contribution is -0.492. The molecule has 0 radical (unpaired) electrons. The van der Waals surface area contributed by atoms with Crippen LogP contribution in [0.1, 0.15) is 37.8 Å². The maximum Gasteiger partial charge on any atom is 0.421 e. The molecule has 1 atom stereocenters. The molecule has 0 unspecified atom stereocenters. The Morgan fingerprint density at radius 1 is 1.26 bits per heavy atom. The first-order chi connectivity index (χ1) is 16.0. The van der Waals surface area contributed by atoms with Crippen LogP contribution in [0.4, 0.5) is 4.79 Å². The van der Waals surface area contributed by atoms with Crippen LogP contribution >= 0.6 is 11.3 Å². The van der Waals surface area contributed by atoms with Crippen molar-refractivity contribution in [3.05, 3.63) is 11.6 Å². The SMILES string of the molecule is CCN[C@H]1CN(CCCOC)S(=O)(=O)c2sc(S(=O)(=O)NC(=O)OCCCCON(O)O)cc21. The normalized spacial score (nSPS) is 18.1. The highest BCUT2D eigenvalue weighted by Crippen LogP contribution is 2.40. The molecule has 17 heteroatoms. The smallest absolute Gasteiger partial charge is 0.421 e. The van der Waals surface area contributed by atoms with E-state index in [1.165, 1.54) is 17.5 Å². The van der Waals surface area contributed by atoms with Crippen molar-refractivity contribution in [3.63, 3.8) is 0 Å². The Morgan fingerprint density at radius 3 is 2.62 bits per heavy atom. The minimum absolute atomic E-state index is 0.0546. The molecule has 0 saturated heterocycles. The molecule has 0 aromatic carbocycles. The van der Waals surface area contributed by atoms with Gasteiger partial charge in [0.2, 0.25) is 0 Å². The molecule has 1 aliphatic heterocycles. The first kappa shape index (κ1) is 28.8. The van der Waals surface area contributed by atoms with Crippen LogP contribution in [0.2, 0.25) is 0 Å². The Hall–Kier alpha value is -1.41. The number of hydrogen-bond acceptors (Lipinski definition) is 13. The number of hydrogen-bond donors (Lipinski definition) is 4. The van der Waals surface area contributed by atoms with E-state index in [0.717, 1.165) is 0 Å². The summed E-state index contributed by atoms with van der Waals surface area (Å²) in [5, 5.41) is 19.5. The zero-order valence-corrected chi connectivity index (χ0v) is 21.2. The lowest BCUT2D eigenvalue weighted by Crippen LogP contribution is -2.43. The van der Waals surface area contributed by atoms with Crippen LogP contribution in [-0.4, -0.2) is 89.6 Å². The van der Waals surface area contributed by atoms with Gasteiger partial charge in [0.15, 0.2) is 0 Å². The molecule has 2 heterocycles. The van der Waals surface area contributed by atoms with Gasteiger partial charge in [-0.1, -0.05) is 6.92 Å². The van der Waals surface area contributed by atoms with E-state index in [-0.39, 0.29) is 41.1 Å². The number of amides is 1. The van der Waals surface area contributed by atoms with Crippen LogP contribution in [0.25, 0.3) is 0 Å². The molecule has 196 valence electrons. The Kier molecular flexibility index (Phi) is 11.1. The fraction of sp³-hybridized carbons (Fsp3) is 0.706. The molecule has 4 N–H and O–H groups in total. The standard InChI is InChI=1S/C17H30N4O10S3/c1-3-18-14-12-20(7-6-8-29-2)34(27,28)16-13(14)11-15(32-16)33(25,26)19-17(22)30-9-4-5-10-31-21(23)24/h11,14,18,23-24H,3-10,12H2,1-2H3,(H,19,22)/t14-/m0/s1. The first-order valence-corrected chi connectivity index (χ1v) is 14.1. The number of rotatable bonds is 14. The second-order valence-corrected chi connectivity index (χ2v) is 12.3. The maximum absolute atomic E-state index is 13.1. The van der Waals surface area contributed by atoms with Crippen LogP contribution in [-0.2, 0) is 34.4 Å². The molecular formula is C17H30N4O10S3. The predicted molar refractivity (Wildman–Crippen MR) is 118 cm³/mol. The van der Waals surface area contributed by atoms with E-state index in [1.54, 1.807) is 4.72 Å². The summed E-state index contributed by atoms with van der Waals surface area (Å²) in [5.41, 5.74) is 0.338. The van der Waals surface area contributed by atoms with E-state index in [1.807, 2.05) is 6.92 Å². The minimum Gasteiger partial charge on any atom is -0.449 e. The third-order valence-corrected chi connectivity index (χ3v) is 10.0. The van der Waals surface area contributed by atoms with Gasteiger partial charge < -0.3 is 14.8 Å². The van der Waals surface area contributed by atoms with Gasteiger partial charge in [-0.3, -0.25) is 15.3 Å². The van der Waals surface area contributed by atoms with Crippen LogP contribution in [0.15, 0.2) is 14.5 Å². The molecule has 0 saturated carbocycles. The van der Waals surface area contributed by atoms with E-state index in [2.05, 4.69) is 10.2 Å². The van der Waals surface area contributed by atoms with E-state index in [9.17, 15) is 21.6 Å². The van der Waals surface area contributed by atoms with Crippen LogP contribution in [0, 0.1) is 0 Å². The maximum atomic E-state index is 13.1. The largest absolute Gasteiger partial charge is 0.449 e. The number of carbonyl (C=O) groups is 1. The van der Waals surface area contributed by atoms with E-state index >= 15 is 0 Å².